The molecule has 0 heterocycles. The molecule has 5 heteroatoms. The molecule has 0 aliphatic heterocycles. The van der Waals surface area contributed by atoms with E-state index in [0.717, 1.165) is 0 Å². The van der Waals surface area contributed by atoms with E-state index >= 15 is 0 Å². The summed E-state index contributed by atoms with van der Waals surface area (Å²) in [6, 6.07) is 0. The molecule has 1 atom stereocenters. The van der Waals surface area contributed by atoms with E-state index in [1.165, 1.54) is 13.8 Å². The first kappa shape index (κ1) is 12.9. The highest BCUT2D eigenvalue weighted by Crippen LogP contribution is 2.03. The van der Waals surface area contributed by atoms with Gasteiger partial charge in [-0.15, -0.1) is 0 Å². The smallest absolute Gasteiger partial charge is 0.302 e. The predicted molar refractivity (Wildman–Crippen MR) is 48.5 cm³/mol. The maximum atomic E-state index is 10.5. The van der Waals surface area contributed by atoms with Gasteiger partial charge in [-0.2, -0.15) is 0 Å². The van der Waals surface area contributed by atoms with Crippen LogP contribution in [0.5, 0.6) is 0 Å². The lowest BCUT2D eigenvalue weighted by atomic mass is 10.1. The minimum absolute atomic E-state index is 0.0887. The van der Waals surface area contributed by atoms with Crippen LogP contribution in [-0.4, -0.2) is 36.9 Å². The summed E-state index contributed by atoms with van der Waals surface area (Å²) in [6.07, 6.45) is 0.489. The normalized spacial score (nSPS) is 11.9. The van der Waals surface area contributed by atoms with E-state index in [-0.39, 0.29) is 37.7 Å². The highest BCUT2D eigenvalue weighted by molar-refractivity contribution is 5.66. The second-order valence-electron chi connectivity index (χ2n) is 2.98. The zero-order valence-electron chi connectivity index (χ0n) is 8.49. The number of rotatable bonds is 6. The minimum Gasteiger partial charge on any atom is -0.466 e. The Balaban J connectivity index is 3.57. The van der Waals surface area contributed by atoms with E-state index in [4.69, 9.17) is 14.6 Å². The summed E-state index contributed by atoms with van der Waals surface area (Å²) in [6.45, 7) is 2.93. The van der Waals surface area contributed by atoms with Gasteiger partial charge in [0, 0.05) is 26.4 Å². The van der Waals surface area contributed by atoms with Gasteiger partial charge in [0.05, 0.1) is 13.2 Å². The molecule has 0 rings (SSSR count). The molecule has 0 aromatic rings. The largest absolute Gasteiger partial charge is 0.466 e. The van der Waals surface area contributed by atoms with E-state index in [1.807, 2.05) is 0 Å². The van der Waals surface area contributed by atoms with Crippen LogP contribution in [0.2, 0.25) is 0 Å². The monoisotopic (exact) mass is 204 g/mol. The van der Waals surface area contributed by atoms with Gasteiger partial charge in [0.1, 0.15) is 0 Å². The fourth-order valence-electron chi connectivity index (χ4n) is 0.832. The molecule has 0 fully saturated rings. The molecule has 0 amide bonds. The second-order valence-corrected chi connectivity index (χ2v) is 2.98. The lowest BCUT2D eigenvalue weighted by Gasteiger charge is -2.13. The first-order valence-corrected chi connectivity index (χ1v) is 4.43. The SMILES string of the molecule is CC(=O)OCCC(CO)COC(C)=O. The van der Waals surface area contributed by atoms with Crippen molar-refractivity contribution in [2.45, 2.75) is 20.3 Å². The number of ether oxygens (including phenoxy) is 2. The molecular weight excluding hydrogens is 188 g/mol. The lowest BCUT2D eigenvalue weighted by molar-refractivity contribution is -0.145. The number of aliphatic hydroxyl groups excluding tert-OH is 1. The number of esters is 2. The molecule has 0 aromatic heterocycles. The quantitative estimate of drug-likeness (QED) is 0.622. The molecule has 0 radical (unpaired) electrons. The average molecular weight is 204 g/mol. The van der Waals surface area contributed by atoms with E-state index < -0.39 is 0 Å². The van der Waals surface area contributed by atoms with Crippen molar-refractivity contribution in [1.29, 1.82) is 0 Å². The first-order chi connectivity index (χ1) is 6.56. The van der Waals surface area contributed by atoms with Gasteiger partial charge >= 0.3 is 11.9 Å². The Morgan fingerprint density at radius 3 is 2.21 bits per heavy atom. The van der Waals surface area contributed by atoms with Crippen LogP contribution >= 0.6 is 0 Å². The summed E-state index contributed by atoms with van der Waals surface area (Å²) in [5.74, 6) is -0.900. The van der Waals surface area contributed by atoms with Crippen molar-refractivity contribution in [2.24, 2.45) is 5.92 Å². The number of hydrogen-bond acceptors (Lipinski definition) is 5. The van der Waals surface area contributed by atoms with Crippen LogP contribution in [0.3, 0.4) is 0 Å². The zero-order chi connectivity index (χ0) is 11.0. The van der Waals surface area contributed by atoms with Gasteiger partial charge in [-0.3, -0.25) is 9.59 Å². The van der Waals surface area contributed by atoms with Crippen LogP contribution in [0.1, 0.15) is 20.3 Å². The lowest BCUT2D eigenvalue weighted by Crippen LogP contribution is -2.18. The van der Waals surface area contributed by atoms with Crippen LogP contribution in [-0.2, 0) is 19.1 Å². The molecule has 0 aliphatic rings. The highest BCUT2D eigenvalue weighted by atomic mass is 16.5. The van der Waals surface area contributed by atoms with Crippen molar-refractivity contribution in [3.63, 3.8) is 0 Å². The highest BCUT2D eigenvalue weighted by Gasteiger charge is 2.09. The van der Waals surface area contributed by atoms with Crippen molar-refractivity contribution in [1.82, 2.24) is 0 Å². The maximum Gasteiger partial charge on any atom is 0.302 e. The minimum atomic E-state index is -0.379. The molecule has 0 spiro atoms. The Hall–Kier alpha value is -1.10. The number of hydrogen-bond donors (Lipinski definition) is 1. The van der Waals surface area contributed by atoms with Crippen molar-refractivity contribution >= 4 is 11.9 Å². The third-order valence-electron chi connectivity index (χ3n) is 1.61. The van der Waals surface area contributed by atoms with Crippen molar-refractivity contribution in [3.8, 4) is 0 Å². The fourth-order valence-corrected chi connectivity index (χ4v) is 0.832. The van der Waals surface area contributed by atoms with Crippen molar-refractivity contribution in [3.05, 3.63) is 0 Å². The Morgan fingerprint density at radius 2 is 1.79 bits per heavy atom. The summed E-state index contributed by atoms with van der Waals surface area (Å²) in [5, 5.41) is 8.87. The third kappa shape index (κ3) is 7.54. The molecule has 0 saturated heterocycles. The Bertz CT molecular complexity index is 190. The topological polar surface area (TPSA) is 72.8 Å². The molecule has 1 N–H and O–H groups in total. The van der Waals surface area contributed by atoms with E-state index in [2.05, 4.69) is 0 Å². The molecule has 0 aliphatic carbocycles. The summed E-state index contributed by atoms with van der Waals surface area (Å²) in [5.41, 5.74) is 0. The van der Waals surface area contributed by atoms with Crippen LogP contribution in [0.4, 0.5) is 0 Å². The van der Waals surface area contributed by atoms with Crippen LogP contribution in [0, 0.1) is 5.92 Å². The van der Waals surface area contributed by atoms with Gasteiger partial charge in [0.25, 0.3) is 0 Å². The van der Waals surface area contributed by atoms with Gasteiger partial charge in [-0.1, -0.05) is 0 Å². The first-order valence-electron chi connectivity index (χ1n) is 4.43. The molecule has 82 valence electrons. The molecule has 0 aromatic carbocycles. The Labute approximate surface area is 83.0 Å². The average Bonchev–Trinajstić information content (AvgIpc) is 2.10. The second kappa shape index (κ2) is 7.32. The number of carbonyl (C=O) groups excluding carboxylic acids is 2. The predicted octanol–water partition coefficient (Wildman–Crippen LogP) is 0.111. The van der Waals surface area contributed by atoms with Crippen LogP contribution in [0.15, 0.2) is 0 Å². The molecule has 5 nitrogen and oxygen atoms in total. The Morgan fingerprint density at radius 1 is 1.21 bits per heavy atom. The molecule has 0 saturated carbocycles. The number of carbonyl (C=O) groups is 2. The molecule has 0 bridgehead atoms. The van der Waals surface area contributed by atoms with E-state index in [0.29, 0.717) is 6.42 Å². The van der Waals surface area contributed by atoms with Gasteiger partial charge in [0.2, 0.25) is 0 Å². The molecular formula is C9H16O5. The third-order valence-corrected chi connectivity index (χ3v) is 1.61. The van der Waals surface area contributed by atoms with Crippen molar-refractivity contribution in [2.75, 3.05) is 19.8 Å². The fraction of sp³-hybridized carbons (Fsp3) is 0.778. The Kier molecular flexibility index (Phi) is 6.74. The zero-order valence-corrected chi connectivity index (χ0v) is 8.49. The molecule has 1 unspecified atom stereocenters. The van der Waals surface area contributed by atoms with Crippen LogP contribution < -0.4 is 0 Å². The summed E-state index contributed by atoms with van der Waals surface area (Å²) >= 11 is 0. The van der Waals surface area contributed by atoms with E-state index in [9.17, 15) is 9.59 Å². The van der Waals surface area contributed by atoms with Gasteiger partial charge in [-0.25, -0.2) is 0 Å². The van der Waals surface area contributed by atoms with E-state index in [1.54, 1.807) is 0 Å². The van der Waals surface area contributed by atoms with Crippen LogP contribution in [0.25, 0.3) is 0 Å². The standard InChI is InChI=1S/C9H16O5/c1-7(11)13-4-3-9(5-10)6-14-8(2)12/h9-10H,3-6H2,1-2H3. The molecule has 14 heavy (non-hydrogen) atoms. The van der Waals surface area contributed by atoms with Crippen molar-refractivity contribution < 1.29 is 24.2 Å². The van der Waals surface area contributed by atoms with Gasteiger partial charge in [-0.05, 0) is 6.42 Å². The van der Waals surface area contributed by atoms with Gasteiger partial charge in [0.15, 0.2) is 0 Å². The number of aliphatic hydroxyl groups is 1. The summed E-state index contributed by atoms with van der Waals surface area (Å²) in [4.78, 5) is 20.9. The summed E-state index contributed by atoms with van der Waals surface area (Å²) in [7, 11) is 0. The summed E-state index contributed by atoms with van der Waals surface area (Å²) < 4.78 is 9.40. The van der Waals surface area contributed by atoms with Gasteiger partial charge < -0.3 is 14.6 Å². The maximum absolute atomic E-state index is 10.5.